The molecule has 0 aromatic rings. The van der Waals surface area contributed by atoms with E-state index >= 15 is 0 Å². The Bertz CT molecular complexity index is 312. The minimum Gasteiger partial charge on any atom is -0.370 e. The lowest BCUT2D eigenvalue weighted by Crippen LogP contribution is -2.54. The van der Waals surface area contributed by atoms with Gasteiger partial charge in [-0.3, -0.25) is 4.99 Å². The Kier molecular flexibility index (Phi) is 6.80. The first kappa shape index (κ1) is 17.3. The van der Waals surface area contributed by atoms with E-state index < -0.39 is 0 Å². The quantitative estimate of drug-likeness (QED) is 0.707. The van der Waals surface area contributed by atoms with Crippen molar-refractivity contribution in [1.29, 1.82) is 0 Å². The van der Waals surface area contributed by atoms with Gasteiger partial charge < -0.3 is 15.5 Å². The molecule has 1 heterocycles. The summed E-state index contributed by atoms with van der Waals surface area (Å²) >= 11 is 0. The van der Waals surface area contributed by atoms with Gasteiger partial charge in [0.15, 0.2) is 5.96 Å². The number of guanidine groups is 1. The van der Waals surface area contributed by atoms with Gasteiger partial charge in [0, 0.05) is 13.1 Å². The Morgan fingerprint density at radius 1 is 1.30 bits per heavy atom. The maximum atomic E-state index is 6.17. The highest BCUT2D eigenvalue weighted by atomic mass is 15.4. The fraction of sp³-hybridized carbons (Fsp3) is 0.938. The number of nitrogens with two attached hydrogens (primary N) is 1. The highest BCUT2D eigenvalue weighted by Gasteiger charge is 2.41. The lowest BCUT2D eigenvalue weighted by atomic mass is 9.84. The maximum Gasteiger partial charge on any atom is 0.191 e. The molecule has 0 saturated heterocycles. The van der Waals surface area contributed by atoms with Gasteiger partial charge in [0.1, 0.15) is 0 Å². The molecule has 0 aliphatic carbocycles. The van der Waals surface area contributed by atoms with Gasteiger partial charge in [-0.25, -0.2) is 0 Å². The Labute approximate surface area is 125 Å². The third-order valence-electron chi connectivity index (χ3n) is 5.00. The molecule has 2 N–H and O–H groups in total. The third kappa shape index (κ3) is 3.87. The van der Waals surface area contributed by atoms with Crippen molar-refractivity contribution >= 4 is 5.96 Å². The molecule has 0 aromatic heterocycles. The van der Waals surface area contributed by atoms with E-state index in [1.807, 2.05) is 0 Å². The highest BCUT2D eigenvalue weighted by molar-refractivity contribution is 5.81. The van der Waals surface area contributed by atoms with Gasteiger partial charge in [0.25, 0.3) is 0 Å². The van der Waals surface area contributed by atoms with Crippen molar-refractivity contribution in [3.63, 3.8) is 0 Å². The zero-order valence-electron chi connectivity index (χ0n) is 14.2. The van der Waals surface area contributed by atoms with E-state index in [2.05, 4.69) is 49.4 Å². The zero-order chi connectivity index (χ0) is 15.2. The Morgan fingerprint density at radius 3 is 2.45 bits per heavy atom. The minimum absolute atomic E-state index is 0.159. The molecule has 2 unspecified atom stereocenters. The van der Waals surface area contributed by atoms with Crippen molar-refractivity contribution < 1.29 is 0 Å². The van der Waals surface area contributed by atoms with Crippen molar-refractivity contribution in [1.82, 2.24) is 9.80 Å². The second-order valence-corrected chi connectivity index (χ2v) is 6.15. The van der Waals surface area contributed by atoms with E-state index in [1.54, 1.807) is 0 Å². The van der Waals surface area contributed by atoms with Gasteiger partial charge >= 0.3 is 0 Å². The van der Waals surface area contributed by atoms with E-state index in [-0.39, 0.29) is 5.54 Å². The molecule has 0 fully saturated rings. The number of likely N-dealkylation sites (N-methyl/N-ethyl adjacent to an activating group) is 1. The molecular weight excluding hydrogens is 248 g/mol. The second-order valence-electron chi connectivity index (χ2n) is 6.15. The maximum absolute atomic E-state index is 6.17. The zero-order valence-corrected chi connectivity index (χ0v) is 14.2. The molecule has 0 saturated carbocycles. The smallest absolute Gasteiger partial charge is 0.191 e. The fourth-order valence-corrected chi connectivity index (χ4v) is 3.19. The van der Waals surface area contributed by atoms with Crippen LogP contribution in [0.1, 0.15) is 53.9 Å². The summed E-state index contributed by atoms with van der Waals surface area (Å²) in [4.78, 5) is 9.40. The topological polar surface area (TPSA) is 44.9 Å². The van der Waals surface area contributed by atoms with Crippen LogP contribution in [0.4, 0.5) is 0 Å². The summed E-state index contributed by atoms with van der Waals surface area (Å²) < 4.78 is 0. The predicted molar refractivity (Wildman–Crippen MR) is 88.1 cm³/mol. The van der Waals surface area contributed by atoms with Crippen molar-refractivity contribution in [3.05, 3.63) is 0 Å². The van der Waals surface area contributed by atoms with Gasteiger partial charge in [-0.1, -0.05) is 41.0 Å². The van der Waals surface area contributed by atoms with Crippen molar-refractivity contribution in [2.24, 2.45) is 16.6 Å². The highest BCUT2D eigenvalue weighted by Crippen LogP contribution is 2.33. The van der Waals surface area contributed by atoms with Crippen molar-refractivity contribution in [3.8, 4) is 0 Å². The first-order chi connectivity index (χ1) is 9.52. The summed E-state index contributed by atoms with van der Waals surface area (Å²) in [5.41, 5.74) is 6.33. The van der Waals surface area contributed by atoms with Gasteiger partial charge in [-0.2, -0.15) is 0 Å². The van der Waals surface area contributed by atoms with Crippen LogP contribution in [-0.4, -0.2) is 54.0 Å². The molecule has 0 aromatic carbocycles. The van der Waals surface area contributed by atoms with Crippen LogP contribution in [0.2, 0.25) is 0 Å². The summed E-state index contributed by atoms with van der Waals surface area (Å²) in [6.45, 7) is 16.5. The first-order valence-corrected chi connectivity index (χ1v) is 8.32. The third-order valence-corrected chi connectivity index (χ3v) is 5.00. The molecule has 0 bridgehead atoms. The Balaban J connectivity index is 2.74. The standard InChI is InChI=1S/C16H34N4/c1-6-14(5)12-16(7-2)13-18-15(17)20(16)11-10-19(8-3)9-4/h14H,6-13H2,1-5H3,(H2,17,18). The van der Waals surface area contributed by atoms with Crippen LogP contribution in [0.15, 0.2) is 4.99 Å². The summed E-state index contributed by atoms with van der Waals surface area (Å²) in [6, 6.07) is 0. The van der Waals surface area contributed by atoms with Crippen LogP contribution < -0.4 is 5.73 Å². The van der Waals surface area contributed by atoms with Crippen LogP contribution in [-0.2, 0) is 0 Å². The summed E-state index contributed by atoms with van der Waals surface area (Å²) in [7, 11) is 0. The van der Waals surface area contributed by atoms with Crippen LogP contribution >= 0.6 is 0 Å². The fourth-order valence-electron chi connectivity index (χ4n) is 3.19. The minimum atomic E-state index is 0.159. The van der Waals surface area contributed by atoms with Crippen LogP contribution in [0.3, 0.4) is 0 Å². The monoisotopic (exact) mass is 282 g/mol. The Morgan fingerprint density at radius 2 is 1.95 bits per heavy atom. The molecular formula is C16H34N4. The molecule has 118 valence electrons. The molecule has 0 radical (unpaired) electrons. The van der Waals surface area contributed by atoms with Crippen molar-refractivity contribution in [2.75, 3.05) is 32.7 Å². The van der Waals surface area contributed by atoms with E-state index in [9.17, 15) is 0 Å². The number of aliphatic imine (C=N–C) groups is 1. The average molecular weight is 282 g/mol. The predicted octanol–water partition coefficient (Wildman–Crippen LogP) is 2.54. The summed E-state index contributed by atoms with van der Waals surface area (Å²) in [5.74, 6) is 1.48. The van der Waals surface area contributed by atoms with E-state index in [4.69, 9.17) is 5.73 Å². The molecule has 1 aliphatic heterocycles. The van der Waals surface area contributed by atoms with Gasteiger partial charge in [0.05, 0.1) is 12.1 Å². The normalized spacial score (nSPS) is 24.3. The summed E-state index contributed by atoms with van der Waals surface area (Å²) in [6.07, 6.45) is 3.55. The molecule has 4 heteroatoms. The van der Waals surface area contributed by atoms with Gasteiger partial charge in [-0.05, 0) is 31.8 Å². The molecule has 1 rings (SSSR count). The van der Waals surface area contributed by atoms with E-state index in [1.165, 1.54) is 12.8 Å². The van der Waals surface area contributed by atoms with Crippen LogP contribution in [0.25, 0.3) is 0 Å². The Hall–Kier alpha value is -0.770. The molecule has 0 amide bonds. The number of hydrogen-bond acceptors (Lipinski definition) is 4. The molecule has 1 aliphatic rings. The number of rotatable bonds is 9. The largest absolute Gasteiger partial charge is 0.370 e. The van der Waals surface area contributed by atoms with Gasteiger partial charge in [0.2, 0.25) is 0 Å². The number of hydrogen-bond donors (Lipinski definition) is 1. The lowest BCUT2D eigenvalue weighted by Gasteiger charge is -2.41. The molecule has 0 spiro atoms. The average Bonchev–Trinajstić information content (AvgIpc) is 2.77. The second kappa shape index (κ2) is 7.87. The summed E-state index contributed by atoms with van der Waals surface area (Å²) in [5, 5.41) is 0. The SMILES string of the molecule is CCC(C)CC1(CC)CN=C(N)N1CCN(CC)CC. The van der Waals surface area contributed by atoms with E-state index in [0.717, 1.165) is 51.0 Å². The van der Waals surface area contributed by atoms with Crippen molar-refractivity contribution in [2.45, 2.75) is 59.4 Å². The van der Waals surface area contributed by atoms with E-state index in [0.29, 0.717) is 0 Å². The molecule has 20 heavy (non-hydrogen) atoms. The van der Waals surface area contributed by atoms with Gasteiger partial charge in [-0.15, -0.1) is 0 Å². The number of nitrogens with zero attached hydrogens (tertiary/aromatic N) is 3. The van der Waals surface area contributed by atoms with Crippen LogP contribution in [0.5, 0.6) is 0 Å². The molecule has 2 atom stereocenters. The lowest BCUT2D eigenvalue weighted by molar-refractivity contribution is 0.137. The molecule has 4 nitrogen and oxygen atoms in total. The first-order valence-electron chi connectivity index (χ1n) is 8.32. The van der Waals surface area contributed by atoms with Crippen LogP contribution in [0, 0.1) is 5.92 Å².